The van der Waals surface area contributed by atoms with Crippen LogP contribution in [0, 0.1) is 6.92 Å². The molecule has 0 saturated carbocycles. The Balaban J connectivity index is 1.48. The molecule has 8 rings (SSSR count). The molecule has 0 radical (unpaired) electrons. The molecule has 0 aliphatic heterocycles. The first-order valence-corrected chi connectivity index (χ1v) is 13.5. The number of fused-ring (bicyclic) bond motifs is 6. The molecule has 0 amide bonds. The van der Waals surface area contributed by atoms with E-state index in [0.717, 1.165) is 5.69 Å². The van der Waals surface area contributed by atoms with Crippen LogP contribution < -0.4 is 0 Å². The van der Waals surface area contributed by atoms with Crippen molar-refractivity contribution >= 4 is 43.6 Å². The van der Waals surface area contributed by atoms with Crippen molar-refractivity contribution in [1.82, 2.24) is 9.13 Å². The fourth-order valence-corrected chi connectivity index (χ4v) is 6.28. The normalized spacial score (nSPS) is 11.7. The van der Waals surface area contributed by atoms with Gasteiger partial charge in [0.1, 0.15) is 0 Å². The highest BCUT2D eigenvalue weighted by atomic mass is 15.0. The lowest BCUT2D eigenvalue weighted by Crippen LogP contribution is -2.00. The summed E-state index contributed by atoms with van der Waals surface area (Å²) in [5.74, 6) is 0. The minimum Gasteiger partial charge on any atom is -0.309 e. The summed E-state index contributed by atoms with van der Waals surface area (Å²) in [6.07, 6.45) is 0. The molecule has 0 aliphatic carbocycles. The first-order valence-electron chi connectivity index (χ1n) is 13.5. The quantitative estimate of drug-likeness (QED) is 0.229. The van der Waals surface area contributed by atoms with Gasteiger partial charge in [-0.2, -0.15) is 0 Å². The fraction of sp³-hybridized carbons (Fsp3) is 0.0270. The van der Waals surface area contributed by atoms with Gasteiger partial charge in [-0.25, -0.2) is 0 Å². The average Bonchev–Trinajstić information content (AvgIpc) is 3.50. The molecule has 0 saturated heterocycles. The summed E-state index contributed by atoms with van der Waals surface area (Å²) < 4.78 is 4.83. The van der Waals surface area contributed by atoms with E-state index in [1.54, 1.807) is 0 Å². The highest BCUT2D eigenvalue weighted by Crippen LogP contribution is 2.39. The summed E-state index contributed by atoms with van der Waals surface area (Å²) in [4.78, 5) is 0. The Labute approximate surface area is 227 Å². The smallest absolute Gasteiger partial charge is 0.0542 e. The lowest BCUT2D eigenvalue weighted by Gasteiger charge is -2.17. The van der Waals surface area contributed by atoms with E-state index >= 15 is 0 Å². The Hall–Kier alpha value is -5.08. The van der Waals surface area contributed by atoms with E-state index in [9.17, 15) is 0 Å². The Bertz CT molecular complexity index is 2090. The molecule has 0 aliphatic rings. The van der Waals surface area contributed by atoms with Gasteiger partial charge in [-0.15, -0.1) is 0 Å². The first kappa shape index (κ1) is 22.0. The van der Waals surface area contributed by atoms with Gasteiger partial charge in [0.05, 0.1) is 27.8 Å². The summed E-state index contributed by atoms with van der Waals surface area (Å²) in [7, 11) is 0. The third kappa shape index (κ3) is 3.28. The minimum absolute atomic E-state index is 1.16. The molecule has 2 heteroatoms. The first-order chi connectivity index (χ1) is 19.3. The van der Waals surface area contributed by atoms with Crippen molar-refractivity contribution in [3.63, 3.8) is 0 Å². The molecule has 0 fully saturated rings. The van der Waals surface area contributed by atoms with Crippen LogP contribution in [0.5, 0.6) is 0 Å². The van der Waals surface area contributed by atoms with Gasteiger partial charge in [0.25, 0.3) is 0 Å². The molecular weight excluding hydrogens is 472 g/mol. The zero-order valence-electron chi connectivity index (χ0n) is 21.7. The molecule has 2 nitrogen and oxygen atoms in total. The maximum Gasteiger partial charge on any atom is 0.0542 e. The zero-order chi connectivity index (χ0) is 25.9. The monoisotopic (exact) mass is 498 g/mol. The predicted octanol–water partition coefficient (Wildman–Crippen LogP) is 9.86. The fourth-order valence-electron chi connectivity index (χ4n) is 6.28. The van der Waals surface area contributed by atoms with Crippen LogP contribution in [0.4, 0.5) is 0 Å². The van der Waals surface area contributed by atoms with Crippen molar-refractivity contribution in [1.29, 1.82) is 0 Å². The van der Waals surface area contributed by atoms with E-state index < -0.39 is 0 Å². The van der Waals surface area contributed by atoms with E-state index in [0.29, 0.717) is 0 Å². The second kappa shape index (κ2) is 8.47. The molecule has 2 heterocycles. The number of aromatic nitrogens is 2. The van der Waals surface area contributed by atoms with E-state index in [4.69, 9.17) is 0 Å². The van der Waals surface area contributed by atoms with Crippen LogP contribution in [0.1, 0.15) is 5.56 Å². The summed E-state index contributed by atoms with van der Waals surface area (Å²) in [6.45, 7) is 2.17. The Morgan fingerprint density at radius 1 is 0.410 bits per heavy atom. The number of aryl methyl sites for hydroxylation is 1. The highest BCUT2D eigenvalue weighted by Gasteiger charge is 2.18. The molecule has 0 atom stereocenters. The topological polar surface area (TPSA) is 9.86 Å². The summed E-state index contributed by atoms with van der Waals surface area (Å²) in [6, 6.07) is 50.7. The number of rotatable bonds is 3. The van der Waals surface area contributed by atoms with Crippen LogP contribution in [0.15, 0.2) is 140 Å². The summed E-state index contributed by atoms with van der Waals surface area (Å²) in [5, 5.41) is 5.10. The number of benzene rings is 6. The zero-order valence-corrected chi connectivity index (χ0v) is 21.7. The summed E-state index contributed by atoms with van der Waals surface area (Å²) in [5.41, 5.74) is 10.9. The van der Waals surface area contributed by atoms with Crippen molar-refractivity contribution in [3.8, 4) is 22.5 Å². The summed E-state index contributed by atoms with van der Waals surface area (Å²) >= 11 is 0. The molecule has 0 bridgehead atoms. The molecule has 39 heavy (non-hydrogen) atoms. The maximum absolute atomic E-state index is 2.43. The van der Waals surface area contributed by atoms with Crippen LogP contribution in [-0.2, 0) is 0 Å². The van der Waals surface area contributed by atoms with Crippen molar-refractivity contribution in [3.05, 3.63) is 145 Å². The minimum atomic E-state index is 1.16. The van der Waals surface area contributed by atoms with Gasteiger partial charge >= 0.3 is 0 Å². The van der Waals surface area contributed by atoms with Gasteiger partial charge in [-0.1, -0.05) is 103 Å². The van der Waals surface area contributed by atoms with E-state index in [2.05, 4.69) is 156 Å². The predicted molar refractivity (Wildman–Crippen MR) is 165 cm³/mol. The van der Waals surface area contributed by atoms with Gasteiger partial charge in [-0.05, 0) is 55.0 Å². The lowest BCUT2D eigenvalue weighted by atomic mass is 10.0. The van der Waals surface area contributed by atoms with Crippen LogP contribution in [0.25, 0.3) is 66.1 Å². The van der Waals surface area contributed by atoms with Crippen molar-refractivity contribution in [2.24, 2.45) is 0 Å². The van der Waals surface area contributed by atoms with E-state index in [1.807, 2.05) is 0 Å². The number of nitrogens with zero attached hydrogens (tertiary/aromatic N) is 2. The second-order valence-electron chi connectivity index (χ2n) is 10.3. The number of hydrogen-bond donors (Lipinski definition) is 0. The van der Waals surface area contributed by atoms with Crippen LogP contribution >= 0.6 is 0 Å². The van der Waals surface area contributed by atoms with Crippen LogP contribution in [-0.4, -0.2) is 9.13 Å². The third-order valence-corrected chi connectivity index (χ3v) is 7.97. The highest BCUT2D eigenvalue weighted by molar-refractivity contribution is 6.11. The lowest BCUT2D eigenvalue weighted by molar-refractivity contribution is 1.15. The third-order valence-electron chi connectivity index (χ3n) is 7.97. The van der Waals surface area contributed by atoms with Gasteiger partial charge < -0.3 is 9.13 Å². The van der Waals surface area contributed by atoms with Gasteiger partial charge in [-0.3, -0.25) is 0 Å². The molecule has 6 aromatic carbocycles. The Morgan fingerprint density at radius 3 is 1.41 bits per heavy atom. The molecule has 0 spiro atoms. The second-order valence-corrected chi connectivity index (χ2v) is 10.3. The Morgan fingerprint density at radius 2 is 0.897 bits per heavy atom. The van der Waals surface area contributed by atoms with Gasteiger partial charge in [0.2, 0.25) is 0 Å². The molecule has 2 aromatic heterocycles. The number of para-hydroxylation sites is 4. The SMILES string of the molecule is Cc1cccc(-c2cc(-n3c4ccccc4c4ccccc43)ccc2-n2c3ccccc3c3ccccc32)c1. The van der Waals surface area contributed by atoms with E-state index in [1.165, 1.54) is 66.0 Å². The van der Waals surface area contributed by atoms with Crippen LogP contribution in [0.2, 0.25) is 0 Å². The van der Waals surface area contributed by atoms with Gasteiger partial charge in [0, 0.05) is 32.8 Å². The van der Waals surface area contributed by atoms with Crippen LogP contribution in [0.3, 0.4) is 0 Å². The van der Waals surface area contributed by atoms with E-state index in [-0.39, 0.29) is 0 Å². The molecule has 0 unspecified atom stereocenters. The number of hydrogen-bond acceptors (Lipinski definition) is 0. The molecular formula is C37H26N2. The standard InChI is InChI=1S/C37H26N2/c1-25-11-10-12-26(23-25)32-24-27(38-33-17-6-2-13-28(33)29-14-3-7-18-34(29)38)21-22-37(32)39-35-19-8-4-15-30(35)31-16-5-9-20-36(31)39/h2-24H,1H3. The maximum atomic E-state index is 2.43. The largest absolute Gasteiger partial charge is 0.309 e. The molecule has 8 aromatic rings. The average molecular weight is 499 g/mol. The van der Waals surface area contributed by atoms with Crippen molar-refractivity contribution < 1.29 is 0 Å². The molecule has 184 valence electrons. The van der Waals surface area contributed by atoms with Gasteiger partial charge in [0.15, 0.2) is 0 Å². The van der Waals surface area contributed by atoms with Crippen molar-refractivity contribution in [2.75, 3.05) is 0 Å². The van der Waals surface area contributed by atoms with Crippen molar-refractivity contribution in [2.45, 2.75) is 6.92 Å². The molecule has 0 N–H and O–H groups in total. The Kier molecular flexibility index (Phi) is 4.77.